The lowest BCUT2D eigenvalue weighted by atomic mass is 9.95. The average Bonchev–Trinajstić information content (AvgIpc) is 2.93. The number of carbonyl (C=O) groups is 1. The Balaban J connectivity index is 1.78. The van der Waals surface area contributed by atoms with Crippen LogP contribution in [0.4, 0.5) is 0 Å². The van der Waals surface area contributed by atoms with E-state index in [1.807, 2.05) is 6.92 Å². The van der Waals surface area contributed by atoms with Gasteiger partial charge in [0.1, 0.15) is 0 Å². The van der Waals surface area contributed by atoms with Crippen LogP contribution < -0.4 is 10.6 Å². The van der Waals surface area contributed by atoms with Crippen molar-refractivity contribution in [3.63, 3.8) is 0 Å². The summed E-state index contributed by atoms with van der Waals surface area (Å²) in [4.78, 5) is 12.1. The highest BCUT2D eigenvalue weighted by molar-refractivity contribution is 7.07. The Morgan fingerprint density at radius 2 is 2.05 bits per heavy atom. The van der Waals surface area contributed by atoms with Gasteiger partial charge in [0, 0.05) is 12.1 Å². The molecule has 4 heteroatoms. The van der Waals surface area contributed by atoms with E-state index >= 15 is 0 Å². The highest BCUT2D eigenvalue weighted by Crippen LogP contribution is 2.18. The molecule has 2 unspecified atom stereocenters. The molecule has 1 aliphatic rings. The Morgan fingerprint density at radius 1 is 1.32 bits per heavy atom. The van der Waals surface area contributed by atoms with Gasteiger partial charge in [0.25, 0.3) is 0 Å². The van der Waals surface area contributed by atoms with Gasteiger partial charge >= 0.3 is 0 Å². The number of hydrogen-bond acceptors (Lipinski definition) is 3. The van der Waals surface area contributed by atoms with Crippen molar-refractivity contribution >= 4 is 17.2 Å². The number of amides is 1. The van der Waals surface area contributed by atoms with Crippen molar-refractivity contribution in [3.8, 4) is 0 Å². The molecule has 0 spiro atoms. The van der Waals surface area contributed by atoms with E-state index in [1.165, 1.54) is 24.8 Å². The molecule has 1 aromatic heterocycles. The van der Waals surface area contributed by atoms with Crippen molar-refractivity contribution in [3.05, 3.63) is 22.4 Å². The molecule has 0 aromatic carbocycles. The van der Waals surface area contributed by atoms with Gasteiger partial charge in [-0.05, 0) is 49.1 Å². The maximum absolute atomic E-state index is 12.1. The third-order valence-electron chi connectivity index (χ3n) is 3.89. The molecule has 1 fully saturated rings. The third kappa shape index (κ3) is 4.32. The third-order valence-corrected chi connectivity index (χ3v) is 4.59. The van der Waals surface area contributed by atoms with Crippen LogP contribution in [0.5, 0.6) is 0 Å². The van der Waals surface area contributed by atoms with Crippen LogP contribution >= 0.6 is 11.3 Å². The van der Waals surface area contributed by atoms with Gasteiger partial charge in [-0.3, -0.25) is 10.1 Å². The first-order valence-corrected chi connectivity index (χ1v) is 8.19. The molecule has 19 heavy (non-hydrogen) atoms. The minimum absolute atomic E-state index is 0.133. The zero-order chi connectivity index (χ0) is 13.7. The Morgan fingerprint density at radius 3 is 2.68 bits per heavy atom. The van der Waals surface area contributed by atoms with Gasteiger partial charge in [-0.25, -0.2) is 0 Å². The van der Waals surface area contributed by atoms with E-state index in [2.05, 4.69) is 34.4 Å². The van der Waals surface area contributed by atoms with E-state index in [9.17, 15) is 4.79 Å². The normalized spacial score (nSPS) is 19.9. The van der Waals surface area contributed by atoms with Crippen LogP contribution in [-0.2, 0) is 4.79 Å². The van der Waals surface area contributed by atoms with Crippen LogP contribution in [0.15, 0.2) is 16.8 Å². The molecule has 0 bridgehead atoms. The molecule has 3 nitrogen and oxygen atoms in total. The molecule has 1 aliphatic carbocycles. The fourth-order valence-corrected chi connectivity index (χ4v) is 3.40. The van der Waals surface area contributed by atoms with Crippen LogP contribution in [0.1, 0.15) is 57.6 Å². The number of nitrogens with one attached hydrogen (secondary N) is 2. The second-order valence-corrected chi connectivity index (χ2v) is 6.29. The van der Waals surface area contributed by atoms with Gasteiger partial charge < -0.3 is 5.32 Å². The van der Waals surface area contributed by atoms with E-state index < -0.39 is 0 Å². The number of hydrogen-bond donors (Lipinski definition) is 2. The van der Waals surface area contributed by atoms with Crippen LogP contribution in [0.3, 0.4) is 0 Å². The first kappa shape index (κ1) is 14.5. The number of carbonyl (C=O) groups excluding carboxylic acids is 1. The molecule has 2 rings (SSSR count). The van der Waals surface area contributed by atoms with E-state index in [1.54, 1.807) is 11.3 Å². The van der Waals surface area contributed by atoms with E-state index in [0.717, 1.165) is 12.8 Å². The Bertz CT molecular complexity index is 385. The molecule has 1 heterocycles. The minimum atomic E-state index is -0.142. The van der Waals surface area contributed by atoms with Crippen molar-refractivity contribution in [1.82, 2.24) is 10.6 Å². The topological polar surface area (TPSA) is 41.1 Å². The summed E-state index contributed by atoms with van der Waals surface area (Å²) in [6, 6.07) is 2.57. The summed E-state index contributed by atoms with van der Waals surface area (Å²) in [5.74, 6) is 0.133. The number of rotatable bonds is 5. The molecular formula is C15H24N2OS. The van der Waals surface area contributed by atoms with Gasteiger partial charge in [-0.15, -0.1) is 0 Å². The smallest absolute Gasteiger partial charge is 0.237 e. The lowest BCUT2D eigenvalue weighted by Crippen LogP contribution is -2.47. The quantitative estimate of drug-likeness (QED) is 0.869. The monoisotopic (exact) mass is 280 g/mol. The zero-order valence-corrected chi connectivity index (χ0v) is 12.6. The lowest BCUT2D eigenvalue weighted by Gasteiger charge is -2.26. The first-order chi connectivity index (χ1) is 9.16. The maximum atomic E-state index is 12.1. The van der Waals surface area contributed by atoms with Gasteiger partial charge in [-0.2, -0.15) is 11.3 Å². The lowest BCUT2D eigenvalue weighted by molar-refractivity contribution is -0.123. The second kappa shape index (κ2) is 7.06. The van der Waals surface area contributed by atoms with Crippen LogP contribution in [0, 0.1) is 0 Å². The van der Waals surface area contributed by atoms with Crippen molar-refractivity contribution < 1.29 is 4.79 Å². The molecule has 0 radical (unpaired) electrons. The molecular weight excluding hydrogens is 256 g/mol. The highest BCUT2D eigenvalue weighted by Gasteiger charge is 2.20. The average molecular weight is 280 g/mol. The Labute approximate surface area is 119 Å². The fourth-order valence-electron chi connectivity index (χ4n) is 2.64. The predicted molar refractivity (Wildman–Crippen MR) is 80.3 cm³/mol. The summed E-state index contributed by atoms with van der Waals surface area (Å²) in [6.45, 7) is 4.05. The Hall–Kier alpha value is -0.870. The summed E-state index contributed by atoms with van der Waals surface area (Å²) >= 11 is 1.69. The van der Waals surface area contributed by atoms with Crippen molar-refractivity contribution in [2.75, 3.05) is 0 Å². The summed E-state index contributed by atoms with van der Waals surface area (Å²) in [7, 11) is 0. The molecule has 0 aliphatic heterocycles. The summed E-state index contributed by atoms with van der Waals surface area (Å²) in [5.41, 5.74) is 1.25. The van der Waals surface area contributed by atoms with E-state index in [0.29, 0.717) is 6.04 Å². The molecule has 1 saturated carbocycles. The summed E-state index contributed by atoms with van der Waals surface area (Å²) in [6.07, 6.45) is 6.09. The second-order valence-electron chi connectivity index (χ2n) is 5.51. The molecule has 1 amide bonds. The van der Waals surface area contributed by atoms with Crippen molar-refractivity contribution in [2.24, 2.45) is 0 Å². The maximum Gasteiger partial charge on any atom is 0.237 e. The largest absolute Gasteiger partial charge is 0.352 e. The van der Waals surface area contributed by atoms with Crippen LogP contribution in [0.2, 0.25) is 0 Å². The molecule has 106 valence electrons. The zero-order valence-electron chi connectivity index (χ0n) is 11.8. The van der Waals surface area contributed by atoms with Crippen molar-refractivity contribution in [2.45, 2.75) is 64.1 Å². The van der Waals surface area contributed by atoms with Gasteiger partial charge in [0.05, 0.1) is 6.04 Å². The van der Waals surface area contributed by atoms with E-state index in [4.69, 9.17) is 0 Å². The van der Waals surface area contributed by atoms with Crippen molar-refractivity contribution in [1.29, 1.82) is 0 Å². The molecule has 2 N–H and O–H groups in total. The fraction of sp³-hybridized carbons (Fsp3) is 0.667. The molecule has 0 saturated heterocycles. The number of thiophene rings is 1. The van der Waals surface area contributed by atoms with Gasteiger partial charge in [-0.1, -0.05) is 19.3 Å². The minimum Gasteiger partial charge on any atom is -0.352 e. The van der Waals surface area contributed by atoms with E-state index in [-0.39, 0.29) is 18.0 Å². The van der Waals surface area contributed by atoms with Crippen LogP contribution in [-0.4, -0.2) is 18.0 Å². The summed E-state index contributed by atoms with van der Waals surface area (Å²) < 4.78 is 0. The molecule has 2 atom stereocenters. The predicted octanol–water partition coefficient (Wildman–Crippen LogP) is 3.24. The molecule has 1 aromatic rings. The SMILES string of the molecule is CC(NC(C)c1ccsc1)C(=O)NC1CCCCC1. The van der Waals surface area contributed by atoms with Gasteiger partial charge in [0.2, 0.25) is 5.91 Å². The Kier molecular flexibility index (Phi) is 5.40. The standard InChI is InChI=1S/C15H24N2OS/c1-11(13-8-9-19-10-13)16-12(2)15(18)17-14-6-4-3-5-7-14/h8-12,14,16H,3-7H2,1-2H3,(H,17,18). The van der Waals surface area contributed by atoms with Crippen LogP contribution in [0.25, 0.3) is 0 Å². The summed E-state index contributed by atoms with van der Waals surface area (Å²) in [5, 5.41) is 10.7. The van der Waals surface area contributed by atoms with Gasteiger partial charge in [0.15, 0.2) is 0 Å². The first-order valence-electron chi connectivity index (χ1n) is 7.25. The highest BCUT2D eigenvalue weighted by atomic mass is 32.1.